The number of hydrogen-bond acceptors (Lipinski definition) is 4. The van der Waals surface area contributed by atoms with E-state index in [0.29, 0.717) is 0 Å². The number of nitrogens with one attached hydrogen (secondary N) is 1. The van der Waals surface area contributed by atoms with Crippen molar-refractivity contribution in [1.29, 1.82) is 0 Å². The monoisotopic (exact) mass is 320 g/mol. The van der Waals surface area contributed by atoms with Crippen LogP contribution in [0.25, 0.3) is 11.3 Å². The van der Waals surface area contributed by atoms with Crippen molar-refractivity contribution < 1.29 is 4.79 Å². The summed E-state index contributed by atoms with van der Waals surface area (Å²) in [6, 6.07) is 10.1. The van der Waals surface area contributed by atoms with Gasteiger partial charge in [0.15, 0.2) is 4.34 Å². The fraction of sp³-hybridized carbons (Fsp3) is 0.375. The Morgan fingerprint density at radius 2 is 1.95 bits per heavy atom. The van der Waals surface area contributed by atoms with Crippen molar-refractivity contribution in [1.82, 2.24) is 10.3 Å². The first-order chi connectivity index (χ1) is 9.85. The highest BCUT2D eigenvalue weighted by molar-refractivity contribution is 8.02. The molecule has 0 fully saturated rings. The van der Waals surface area contributed by atoms with Gasteiger partial charge in [0.1, 0.15) is 0 Å². The maximum Gasteiger partial charge on any atom is 0.233 e. The van der Waals surface area contributed by atoms with Crippen LogP contribution in [0.1, 0.15) is 27.7 Å². The van der Waals surface area contributed by atoms with E-state index in [1.807, 2.05) is 63.4 Å². The van der Waals surface area contributed by atoms with Crippen molar-refractivity contribution in [3.63, 3.8) is 0 Å². The molecular weight excluding hydrogens is 300 g/mol. The van der Waals surface area contributed by atoms with Gasteiger partial charge in [-0.05, 0) is 27.7 Å². The lowest BCUT2D eigenvalue weighted by Crippen LogP contribution is -2.44. The zero-order valence-electron chi connectivity index (χ0n) is 12.7. The summed E-state index contributed by atoms with van der Waals surface area (Å²) >= 11 is 3.08. The van der Waals surface area contributed by atoms with Gasteiger partial charge in [0.25, 0.3) is 0 Å². The lowest BCUT2D eigenvalue weighted by Gasteiger charge is -2.22. The molecule has 5 heteroatoms. The predicted molar refractivity (Wildman–Crippen MR) is 90.8 cm³/mol. The molecule has 0 saturated carbocycles. The molecule has 0 aliphatic carbocycles. The van der Waals surface area contributed by atoms with E-state index < -0.39 is 0 Å². The van der Waals surface area contributed by atoms with Gasteiger partial charge in [0, 0.05) is 16.5 Å². The van der Waals surface area contributed by atoms with Crippen LogP contribution in [-0.2, 0) is 4.79 Å². The predicted octanol–water partition coefficient (Wildman–Crippen LogP) is 4.21. The van der Waals surface area contributed by atoms with E-state index in [9.17, 15) is 4.79 Å². The van der Waals surface area contributed by atoms with Gasteiger partial charge in [-0.2, -0.15) is 0 Å². The molecule has 2 rings (SSSR count). The van der Waals surface area contributed by atoms with Gasteiger partial charge in [0.2, 0.25) is 5.91 Å². The third kappa shape index (κ3) is 4.86. The molecule has 0 saturated heterocycles. The van der Waals surface area contributed by atoms with Crippen LogP contribution in [0.3, 0.4) is 0 Å². The SMILES string of the molecule is C[C@@H](Sc1nc(-c2ccccc2)cs1)C(=O)NC(C)(C)C. The average Bonchev–Trinajstić information content (AvgIpc) is 2.86. The van der Waals surface area contributed by atoms with Gasteiger partial charge in [-0.15, -0.1) is 11.3 Å². The molecule has 1 N–H and O–H groups in total. The highest BCUT2D eigenvalue weighted by atomic mass is 32.2. The fourth-order valence-corrected chi connectivity index (χ4v) is 3.70. The summed E-state index contributed by atoms with van der Waals surface area (Å²) in [6.07, 6.45) is 0. The van der Waals surface area contributed by atoms with Crippen LogP contribution < -0.4 is 5.32 Å². The molecule has 0 radical (unpaired) electrons. The normalized spacial score (nSPS) is 13.0. The number of amides is 1. The molecule has 0 spiro atoms. The topological polar surface area (TPSA) is 42.0 Å². The Kier molecular flexibility index (Phi) is 5.06. The Morgan fingerprint density at radius 3 is 2.57 bits per heavy atom. The van der Waals surface area contributed by atoms with E-state index in [1.54, 1.807) is 11.3 Å². The third-order valence-corrected chi connectivity index (χ3v) is 4.77. The molecule has 2 aromatic rings. The minimum absolute atomic E-state index is 0.0453. The van der Waals surface area contributed by atoms with Crippen molar-refractivity contribution in [3.8, 4) is 11.3 Å². The largest absolute Gasteiger partial charge is 0.351 e. The Balaban J connectivity index is 2.01. The second kappa shape index (κ2) is 6.62. The zero-order valence-corrected chi connectivity index (χ0v) is 14.3. The minimum Gasteiger partial charge on any atom is -0.351 e. The van der Waals surface area contributed by atoms with E-state index in [0.717, 1.165) is 15.6 Å². The quantitative estimate of drug-likeness (QED) is 0.858. The summed E-state index contributed by atoms with van der Waals surface area (Å²) < 4.78 is 0.922. The third-order valence-electron chi connectivity index (χ3n) is 2.70. The van der Waals surface area contributed by atoms with Crippen LogP contribution in [0.15, 0.2) is 40.1 Å². The molecule has 1 atom stereocenters. The number of carbonyl (C=O) groups is 1. The Bertz CT molecular complexity index is 602. The van der Waals surface area contributed by atoms with E-state index >= 15 is 0 Å². The standard InChI is InChI=1S/C16H20N2OS2/c1-11(14(19)18-16(2,3)4)21-15-17-13(10-20-15)12-8-6-5-7-9-12/h5-11H,1-4H3,(H,18,19)/t11-/m1/s1. The summed E-state index contributed by atoms with van der Waals surface area (Å²) in [5, 5.41) is 4.87. The number of nitrogens with zero attached hydrogens (tertiary/aromatic N) is 1. The van der Waals surface area contributed by atoms with Crippen molar-refractivity contribution in [3.05, 3.63) is 35.7 Å². The summed E-state index contributed by atoms with van der Waals surface area (Å²) in [7, 11) is 0. The number of carbonyl (C=O) groups excluding carboxylic acids is 1. The summed E-state index contributed by atoms with van der Waals surface area (Å²) in [5.74, 6) is 0.0453. The maximum absolute atomic E-state index is 12.1. The number of thioether (sulfide) groups is 1. The van der Waals surface area contributed by atoms with Gasteiger partial charge in [-0.3, -0.25) is 4.79 Å². The molecule has 21 heavy (non-hydrogen) atoms. The molecule has 1 heterocycles. The van der Waals surface area contributed by atoms with Crippen LogP contribution in [0.5, 0.6) is 0 Å². The minimum atomic E-state index is -0.204. The van der Waals surface area contributed by atoms with Crippen LogP contribution >= 0.6 is 23.1 Å². The highest BCUT2D eigenvalue weighted by Gasteiger charge is 2.21. The first-order valence-corrected chi connectivity index (χ1v) is 8.61. The van der Waals surface area contributed by atoms with Gasteiger partial charge >= 0.3 is 0 Å². The zero-order chi connectivity index (χ0) is 15.5. The van der Waals surface area contributed by atoms with Crippen molar-refractivity contribution in [2.45, 2.75) is 42.8 Å². The van der Waals surface area contributed by atoms with Crippen molar-refractivity contribution in [2.75, 3.05) is 0 Å². The molecule has 0 unspecified atom stereocenters. The number of rotatable bonds is 4. The molecule has 0 bridgehead atoms. The lowest BCUT2D eigenvalue weighted by atomic mass is 10.1. The number of aromatic nitrogens is 1. The van der Waals surface area contributed by atoms with Crippen LogP contribution in [0.4, 0.5) is 0 Å². The number of benzene rings is 1. The maximum atomic E-state index is 12.1. The van der Waals surface area contributed by atoms with E-state index in [4.69, 9.17) is 0 Å². The van der Waals surface area contributed by atoms with Gasteiger partial charge in [-0.1, -0.05) is 42.1 Å². The second-order valence-electron chi connectivity index (χ2n) is 5.86. The van der Waals surface area contributed by atoms with E-state index in [2.05, 4.69) is 10.3 Å². The molecule has 0 aliphatic rings. The number of thiazole rings is 1. The first kappa shape index (κ1) is 16.0. The second-order valence-corrected chi connectivity index (χ2v) is 8.31. The lowest BCUT2D eigenvalue weighted by molar-refractivity contribution is -0.121. The van der Waals surface area contributed by atoms with Crippen LogP contribution in [-0.4, -0.2) is 21.7 Å². The molecule has 1 aromatic carbocycles. The van der Waals surface area contributed by atoms with Gasteiger partial charge < -0.3 is 5.32 Å². The van der Waals surface area contributed by atoms with Crippen LogP contribution in [0, 0.1) is 0 Å². The Labute approximate surface area is 134 Å². The van der Waals surface area contributed by atoms with Gasteiger partial charge in [-0.25, -0.2) is 4.98 Å². The van der Waals surface area contributed by atoms with Gasteiger partial charge in [0.05, 0.1) is 10.9 Å². The smallest absolute Gasteiger partial charge is 0.233 e. The summed E-state index contributed by atoms with van der Waals surface area (Å²) in [4.78, 5) is 16.7. The molecule has 3 nitrogen and oxygen atoms in total. The molecule has 0 aliphatic heterocycles. The Hall–Kier alpha value is -1.33. The van der Waals surface area contributed by atoms with E-state index in [-0.39, 0.29) is 16.7 Å². The molecular formula is C16H20N2OS2. The number of hydrogen-bond donors (Lipinski definition) is 1. The highest BCUT2D eigenvalue weighted by Crippen LogP contribution is 2.30. The van der Waals surface area contributed by atoms with Crippen molar-refractivity contribution >= 4 is 29.0 Å². The molecule has 1 amide bonds. The fourth-order valence-electron chi connectivity index (χ4n) is 1.73. The average molecular weight is 320 g/mol. The van der Waals surface area contributed by atoms with E-state index in [1.165, 1.54) is 11.8 Å². The van der Waals surface area contributed by atoms with Crippen molar-refractivity contribution in [2.24, 2.45) is 0 Å². The molecule has 112 valence electrons. The Morgan fingerprint density at radius 1 is 1.29 bits per heavy atom. The first-order valence-electron chi connectivity index (χ1n) is 6.85. The van der Waals surface area contributed by atoms with Crippen LogP contribution in [0.2, 0.25) is 0 Å². The molecule has 1 aromatic heterocycles. The summed E-state index contributed by atoms with van der Waals surface area (Å²) in [5.41, 5.74) is 1.86. The summed E-state index contributed by atoms with van der Waals surface area (Å²) in [6.45, 7) is 7.87.